The molecule has 4 nitrogen and oxygen atoms in total. The van der Waals surface area contributed by atoms with E-state index < -0.39 is 0 Å². The molecule has 0 spiro atoms. The van der Waals surface area contributed by atoms with Gasteiger partial charge in [0.1, 0.15) is 5.75 Å². The minimum absolute atomic E-state index is 0.0135. The lowest BCUT2D eigenvalue weighted by atomic mass is 10.2. The molecular weight excluding hydrogens is 368 g/mol. The third-order valence-electron chi connectivity index (χ3n) is 3.88. The average Bonchev–Trinajstić information content (AvgIpc) is 2.84. The van der Waals surface area contributed by atoms with Crippen LogP contribution in [0.4, 0.5) is 0 Å². The number of hydrogen-bond acceptors (Lipinski definition) is 4. The molecule has 1 aliphatic heterocycles. The molecule has 0 bridgehead atoms. The molecule has 1 saturated heterocycles. The summed E-state index contributed by atoms with van der Waals surface area (Å²) in [5, 5.41) is 1.31. The number of rotatable bonds is 6. The summed E-state index contributed by atoms with van der Waals surface area (Å²) < 4.78 is 5.80. The zero-order chi connectivity index (χ0) is 19.4. The van der Waals surface area contributed by atoms with Crippen LogP contribution in [0, 0.1) is 0 Å². The Labute approximate surface area is 165 Å². The summed E-state index contributed by atoms with van der Waals surface area (Å²) in [7, 11) is 0. The van der Waals surface area contributed by atoms with Crippen molar-refractivity contribution in [2.75, 3.05) is 0 Å². The molecule has 6 heteroatoms. The van der Waals surface area contributed by atoms with Gasteiger partial charge in [-0.15, -0.1) is 0 Å². The fourth-order valence-corrected chi connectivity index (χ4v) is 3.87. The van der Waals surface area contributed by atoms with Gasteiger partial charge in [0.15, 0.2) is 5.17 Å². The van der Waals surface area contributed by atoms with E-state index in [9.17, 15) is 4.79 Å². The molecule has 0 N–H and O–H groups in total. The van der Waals surface area contributed by atoms with E-state index in [4.69, 9.17) is 16.3 Å². The summed E-state index contributed by atoms with van der Waals surface area (Å²) >= 11 is 7.76. The number of hydrogen-bond donors (Lipinski definition) is 0. The molecule has 2 rings (SSSR count). The lowest BCUT2D eigenvalue weighted by Crippen LogP contribution is -2.35. The van der Waals surface area contributed by atoms with Gasteiger partial charge in [-0.1, -0.05) is 24.6 Å². The van der Waals surface area contributed by atoms with E-state index in [1.165, 1.54) is 11.8 Å². The standard InChI is InChI=1S/C20H27ClN2O2S/c1-7-14(6)25-17-9-8-15(10-16(17)21)11-18-19(24)23(13(4)5)20(26-18)22-12(2)3/h8-14H,7H2,1-6H3/b18-11+,22-20?/t14-/m0/s1. The summed E-state index contributed by atoms with van der Waals surface area (Å²) in [5.41, 5.74) is 0.872. The minimum atomic E-state index is -0.0135. The van der Waals surface area contributed by atoms with Crippen molar-refractivity contribution >= 4 is 40.5 Å². The Bertz CT molecular complexity index is 729. The summed E-state index contributed by atoms with van der Waals surface area (Å²) in [4.78, 5) is 19.8. The number of halogens is 1. The van der Waals surface area contributed by atoms with E-state index in [0.717, 1.165) is 17.2 Å². The van der Waals surface area contributed by atoms with Crippen LogP contribution in [0.3, 0.4) is 0 Å². The monoisotopic (exact) mass is 394 g/mol. The lowest BCUT2D eigenvalue weighted by Gasteiger charge is -2.20. The number of benzene rings is 1. The Morgan fingerprint density at radius 3 is 2.50 bits per heavy atom. The Balaban J connectivity index is 2.29. The first kappa shape index (κ1) is 20.8. The Hall–Kier alpha value is -1.46. The first-order valence-corrected chi connectivity index (χ1v) is 10.2. The maximum atomic E-state index is 12.8. The van der Waals surface area contributed by atoms with E-state index >= 15 is 0 Å². The van der Waals surface area contributed by atoms with Crippen molar-refractivity contribution in [3.63, 3.8) is 0 Å². The van der Waals surface area contributed by atoms with Crippen LogP contribution in [0.5, 0.6) is 5.75 Å². The van der Waals surface area contributed by atoms with E-state index in [-0.39, 0.29) is 24.1 Å². The van der Waals surface area contributed by atoms with Crippen LogP contribution in [-0.4, -0.2) is 34.2 Å². The topological polar surface area (TPSA) is 41.9 Å². The molecule has 0 radical (unpaired) electrons. The molecule has 0 aliphatic carbocycles. The van der Waals surface area contributed by atoms with Gasteiger partial charge in [0.25, 0.3) is 5.91 Å². The highest BCUT2D eigenvalue weighted by Crippen LogP contribution is 2.35. The summed E-state index contributed by atoms with van der Waals surface area (Å²) in [5.74, 6) is 0.653. The summed E-state index contributed by atoms with van der Waals surface area (Å²) in [6, 6.07) is 5.80. The number of carbonyl (C=O) groups is 1. The number of amides is 1. The number of ether oxygens (including phenoxy) is 1. The van der Waals surface area contributed by atoms with Crippen molar-refractivity contribution < 1.29 is 9.53 Å². The van der Waals surface area contributed by atoms with Crippen LogP contribution < -0.4 is 4.74 Å². The van der Waals surface area contributed by atoms with Crippen molar-refractivity contribution in [3.8, 4) is 5.75 Å². The van der Waals surface area contributed by atoms with Gasteiger partial charge in [-0.3, -0.25) is 14.7 Å². The lowest BCUT2D eigenvalue weighted by molar-refractivity contribution is -0.123. The maximum absolute atomic E-state index is 12.8. The van der Waals surface area contributed by atoms with Crippen LogP contribution in [0.25, 0.3) is 6.08 Å². The van der Waals surface area contributed by atoms with Gasteiger partial charge in [0.05, 0.1) is 16.0 Å². The quantitative estimate of drug-likeness (QED) is 0.589. The molecule has 0 aromatic heterocycles. The molecule has 1 aliphatic rings. The maximum Gasteiger partial charge on any atom is 0.266 e. The van der Waals surface area contributed by atoms with Gasteiger partial charge in [0, 0.05) is 12.1 Å². The number of thioether (sulfide) groups is 1. The second kappa shape index (κ2) is 8.96. The zero-order valence-electron chi connectivity index (χ0n) is 16.2. The van der Waals surface area contributed by atoms with Gasteiger partial charge in [-0.05, 0) is 76.6 Å². The van der Waals surface area contributed by atoms with Crippen LogP contribution in [0.1, 0.15) is 53.5 Å². The SMILES string of the molecule is CC[C@H](C)Oc1ccc(/C=C2/SC(=NC(C)C)N(C(C)C)C2=O)cc1Cl. The summed E-state index contributed by atoms with van der Waals surface area (Å²) in [6.07, 6.45) is 2.89. The number of aliphatic imine (C=N–C) groups is 1. The smallest absolute Gasteiger partial charge is 0.266 e. The van der Waals surface area contributed by atoms with Gasteiger partial charge in [-0.2, -0.15) is 0 Å². The number of carbonyl (C=O) groups excluding carboxylic acids is 1. The minimum Gasteiger partial charge on any atom is -0.489 e. The van der Waals surface area contributed by atoms with Crippen molar-refractivity contribution in [3.05, 3.63) is 33.7 Å². The predicted molar refractivity (Wildman–Crippen MR) is 112 cm³/mol. The Morgan fingerprint density at radius 1 is 1.27 bits per heavy atom. The highest BCUT2D eigenvalue weighted by Gasteiger charge is 2.35. The van der Waals surface area contributed by atoms with Crippen LogP contribution in [-0.2, 0) is 4.79 Å². The normalized spacial score (nSPS) is 19.3. The third-order valence-corrected chi connectivity index (χ3v) is 5.17. The largest absolute Gasteiger partial charge is 0.489 e. The number of nitrogens with zero attached hydrogens (tertiary/aromatic N) is 2. The van der Waals surface area contributed by atoms with Crippen molar-refractivity contribution in [1.29, 1.82) is 0 Å². The van der Waals surface area contributed by atoms with E-state index in [0.29, 0.717) is 15.7 Å². The summed E-state index contributed by atoms with van der Waals surface area (Å²) in [6.45, 7) is 12.1. The first-order chi connectivity index (χ1) is 12.2. The number of amidine groups is 1. The Morgan fingerprint density at radius 2 is 1.96 bits per heavy atom. The molecule has 1 aromatic rings. The van der Waals surface area contributed by atoms with Crippen LogP contribution >= 0.6 is 23.4 Å². The van der Waals surface area contributed by atoms with Crippen molar-refractivity contribution in [2.45, 2.75) is 66.2 Å². The van der Waals surface area contributed by atoms with E-state index in [1.807, 2.05) is 58.9 Å². The fourth-order valence-electron chi connectivity index (χ4n) is 2.41. The van der Waals surface area contributed by atoms with Crippen LogP contribution in [0.15, 0.2) is 28.1 Å². The average molecular weight is 395 g/mol. The highest BCUT2D eigenvalue weighted by molar-refractivity contribution is 8.18. The van der Waals surface area contributed by atoms with Crippen molar-refractivity contribution in [1.82, 2.24) is 4.90 Å². The van der Waals surface area contributed by atoms with Gasteiger partial charge < -0.3 is 4.74 Å². The molecular formula is C20H27ClN2O2S. The molecule has 1 heterocycles. The van der Waals surface area contributed by atoms with Crippen LogP contribution in [0.2, 0.25) is 5.02 Å². The fraction of sp³-hybridized carbons (Fsp3) is 0.500. The third kappa shape index (κ3) is 5.04. The molecule has 26 heavy (non-hydrogen) atoms. The molecule has 0 unspecified atom stereocenters. The second-order valence-corrected chi connectivity index (χ2v) is 8.33. The Kier molecular flexibility index (Phi) is 7.18. The van der Waals surface area contributed by atoms with E-state index in [1.54, 1.807) is 4.90 Å². The highest BCUT2D eigenvalue weighted by atomic mass is 35.5. The van der Waals surface area contributed by atoms with Gasteiger partial charge in [0.2, 0.25) is 0 Å². The second-order valence-electron chi connectivity index (χ2n) is 6.91. The molecule has 1 aromatic carbocycles. The molecule has 142 valence electrons. The van der Waals surface area contributed by atoms with Gasteiger partial charge >= 0.3 is 0 Å². The van der Waals surface area contributed by atoms with Gasteiger partial charge in [-0.25, -0.2) is 0 Å². The first-order valence-electron chi connectivity index (χ1n) is 9.00. The van der Waals surface area contributed by atoms with Crippen molar-refractivity contribution in [2.24, 2.45) is 4.99 Å². The molecule has 1 fully saturated rings. The van der Waals surface area contributed by atoms with E-state index in [2.05, 4.69) is 11.9 Å². The predicted octanol–water partition coefficient (Wildman–Crippen LogP) is 5.61. The zero-order valence-corrected chi connectivity index (χ0v) is 17.8. The molecule has 1 amide bonds. The molecule has 0 saturated carbocycles. The molecule has 1 atom stereocenters.